The van der Waals surface area contributed by atoms with E-state index in [9.17, 15) is 14.7 Å². The van der Waals surface area contributed by atoms with Gasteiger partial charge in [-0.1, -0.05) is 23.2 Å². The lowest BCUT2D eigenvalue weighted by Crippen LogP contribution is -2.50. The van der Waals surface area contributed by atoms with Gasteiger partial charge in [-0.3, -0.25) is 4.79 Å². The predicted octanol–water partition coefficient (Wildman–Crippen LogP) is 2.91. The normalized spacial score (nSPS) is 17.6. The zero-order valence-electron chi connectivity index (χ0n) is 10.3. The van der Waals surface area contributed by atoms with Gasteiger partial charge < -0.3 is 10.0 Å². The Morgan fingerprint density at radius 3 is 2.58 bits per heavy atom. The minimum atomic E-state index is -1.51. The van der Waals surface area contributed by atoms with Gasteiger partial charge in [-0.25, -0.2) is 4.79 Å². The van der Waals surface area contributed by atoms with Crippen molar-refractivity contribution in [2.75, 3.05) is 0 Å². The molecule has 1 aliphatic carbocycles. The van der Waals surface area contributed by atoms with Crippen molar-refractivity contribution in [1.82, 2.24) is 4.90 Å². The van der Waals surface area contributed by atoms with E-state index < -0.39 is 11.5 Å². The molecule has 1 unspecified atom stereocenters. The summed E-state index contributed by atoms with van der Waals surface area (Å²) in [4.78, 5) is 24.3. The van der Waals surface area contributed by atoms with Gasteiger partial charge in [-0.05, 0) is 38.0 Å². The number of carbonyl (C=O) groups is 2. The highest BCUT2D eigenvalue weighted by atomic mass is 35.5. The number of carboxylic acid groups (broad SMARTS) is 1. The van der Waals surface area contributed by atoms with Gasteiger partial charge in [0.05, 0.1) is 0 Å². The Morgan fingerprint density at radius 1 is 1.47 bits per heavy atom. The molecular weight excluding hydrogens is 289 g/mol. The molecule has 1 aromatic carbocycles. The van der Waals surface area contributed by atoms with E-state index in [1.165, 1.54) is 24.0 Å². The van der Waals surface area contributed by atoms with E-state index >= 15 is 0 Å². The summed E-state index contributed by atoms with van der Waals surface area (Å²) in [5.41, 5.74) is -1.18. The van der Waals surface area contributed by atoms with Crippen molar-refractivity contribution < 1.29 is 14.7 Å². The molecule has 0 bridgehead atoms. The van der Waals surface area contributed by atoms with Crippen LogP contribution in [-0.4, -0.2) is 28.4 Å². The van der Waals surface area contributed by atoms with E-state index in [1.807, 2.05) is 0 Å². The van der Waals surface area contributed by atoms with Gasteiger partial charge in [-0.2, -0.15) is 0 Å². The number of carboxylic acids is 1. The molecule has 1 saturated carbocycles. The van der Waals surface area contributed by atoms with Gasteiger partial charge >= 0.3 is 5.97 Å². The van der Waals surface area contributed by atoms with E-state index in [4.69, 9.17) is 23.2 Å². The highest BCUT2D eigenvalue weighted by Gasteiger charge is 2.48. The standard InChI is InChI=1S/C13H13Cl2NO3/c1-13(12(18)19,16(7-17)9-3-4-9)10-6-8(14)2-5-11(10)15/h2,5-7,9H,3-4H2,1H3,(H,18,19). The Kier molecular flexibility index (Phi) is 3.74. The topological polar surface area (TPSA) is 57.6 Å². The smallest absolute Gasteiger partial charge is 0.334 e. The van der Waals surface area contributed by atoms with Crippen LogP contribution >= 0.6 is 23.2 Å². The largest absolute Gasteiger partial charge is 0.479 e. The average molecular weight is 302 g/mol. The molecule has 4 nitrogen and oxygen atoms in total. The highest BCUT2D eigenvalue weighted by Crippen LogP contribution is 2.40. The molecule has 0 saturated heterocycles. The molecule has 1 atom stereocenters. The summed E-state index contributed by atoms with van der Waals surface area (Å²) < 4.78 is 0. The molecule has 1 fully saturated rings. The van der Waals surface area contributed by atoms with Crippen LogP contribution in [0.2, 0.25) is 10.0 Å². The zero-order valence-corrected chi connectivity index (χ0v) is 11.8. The van der Waals surface area contributed by atoms with Gasteiger partial charge in [0.1, 0.15) is 0 Å². The first kappa shape index (κ1) is 14.2. The molecule has 1 aliphatic rings. The van der Waals surface area contributed by atoms with Crippen LogP contribution in [0.5, 0.6) is 0 Å². The van der Waals surface area contributed by atoms with Crippen LogP contribution < -0.4 is 0 Å². The van der Waals surface area contributed by atoms with Crippen molar-refractivity contribution in [3.63, 3.8) is 0 Å². The number of rotatable bonds is 5. The first-order chi connectivity index (χ1) is 8.91. The van der Waals surface area contributed by atoms with Crippen molar-refractivity contribution in [3.8, 4) is 0 Å². The van der Waals surface area contributed by atoms with Crippen LogP contribution in [0.4, 0.5) is 0 Å². The molecule has 0 heterocycles. The van der Waals surface area contributed by atoms with Crippen LogP contribution in [0, 0.1) is 0 Å². The van der Waals surface area contributed by atoms with E-state index in [0.717, 1.165) is 12.8 Å². The maximum Gasteiger partial charge on any atom is 0.334 e. The van der Waals surface area contributed by atoms with Crippen molar-refractivity contribution in [2.45, 2.75) is 31.3 Å². The summed E-state index contributed by atoms with van der Waals surface area (Å²) in [6.45, 7) is 1.47. The Balaban J connectivity index is 2.57. The lowest BCUT2D eigenvalue weighted by atomic mass is 9.90. The SMILES string of the molecule is CC(C(=O)O)(c1cc(Cl)ccc1Cl)N(C=O)C1CC1. The maximum atomic E-state index is 11.7. The van der Waals surface area contributed by atoms with Gasteiger partial charge in [-0.15, -0.1) is 0 Å². The van der Waals surface area contributed by atoms with Gasteiger partial charge in [0.2, 0.25) is 6.41 Å². The average Bonchev–Trinajstić information content (AvgIpc) is 3.17. The monoisotopic (exact) mass is 301 g/mol. The Bertz CT molecular complexity index is 531. The second-order valence-electron chi connectivity index (χ2n) is 4.75. The van der Waals surface area contributed by atoms with Crippen LogP contribution in [-0.2, 0) is 15.1 Å². The maximum absolute atomic E-state index is 11.7. The molecule has 1 aromatic rings. The number of amides is 1. The number of aliphatic carboxylic acids is 1. The fraction of sp³-hybridized carbons (Fsp3) is 0.385. The first-order valence-corrected chi connectivity index (χ1v) is 6.59. The Hall–Kier alpha value is -1.26. The highest BCUT2D eigenvalue weighted by molar-refractivity contribution is 6.34. The molecule has 19 heavy (non-hydrogen) atoms. The molecular formula is C13H13Cl2NO3. The van der Waals surface area contributed by atoms with Crippen LogP contribution in [0.1, 0.15) is 25.3 Å². The van der Waals surface area contributed by atoms with Gasteiger partial charge in [0, 0.05) is 21.7 Å². The zero-order chi connectivity index (χ0) is 14.2. The molecule has 1 amide bonds. The minimum absolute atomic E-state index is 0.0475. The number of carbonyl (C=O) groups excluding carboxylic acids is 1. The third kappa shape index (κ3) is 2.42. The summed E-state index contributed by atoms with van der Waals surface area (Å²) in [6, 6.07) is 4.57. The second kappa shape index (κ2) is 5.02. The van der Waals surface area contributed by atoms with E-state index in [-0.39, 0.29) is 11.1 Å². The van der Waals surface area contributed by atoms with Crippen molar-refractivity contribution in [3.05, 3.63) is 33.8 Å². The van der Waals surface area contributed by atoms with Gasteiger partial charge in [0.25, 0.3) is 0 Å². The minimum Gasteiger partial charge on any atom is -0.479 e. The summed E-state index contributed by atoms with van der Waals surface area (Å²) in [5.74, 6) is -1.13. The molecule has 6 heteroatoms. The number of nitrogens with zero attached hydrogens (tertiary/aromatic N) is 1. The third-order valence-electron chi connectivity index (χ3n) is 3.44. The fourth-order valence-corrected chi connectivity index (χ4v) is 2.62. The summed E-state index contributed by atoms with van der Waals surface area (Å²) in [5, 5.41) is 10.2. The number of benzene rings is 1. The van der Waals surface area contributed by atoms with Crippen LogP contribution in [0.3, 0.4) is 0 Å². The lowest BCUT2D eigenvalue weighted by molar-refractivity contribution is -0.155. The molecule has 2 rings (SSSR count). The number of halogens is 2. The summed E-state index contributed by atoms with van der Waals surface area (Å²) in [6.07, 6.45) is 2.18. The van der Waals surface area contributed by atoms with E-state index in [1.54, 1.807) is 6.07 Å². The lowest BCUT2D eigenvalue weighted by Gasteiger charge is -2.36. The van der Waals surface area contributed by atoms with E-state index in [0.29, 0.717) is 17.0 Å². The molecule has 102 valence electrons. The van der Waals surface area contributed by atoms with Crippen molar-refractivity contribution in [2.24, 2.45) is 0 Å². The summed E-state index contributed by atoms with van der Waals surface area (Å²) >= 11 is 12.0. The number of hydrogen-bond donors (Lipinski definition) is 1. The number of hydrogen-bond acceptors (Lipinski definition) is 2. The Labute approximate surface area is 120 Å². The van der Waals surface area contributed by atoms with Crippen LogP contribution in [0.25, 0.3) is 0 Å². The fourth-order valence-electron chi connectivity index (χ4n) is 2.14. The second-order valence-corrected chi connectivity index (χ2v) is 5.59. The molecule has 0 aromatic heterocycles. The van der Waals surface area contributed by atoms with Gasteiger partial charge in [0.15, 0.2) is 5.54 Å². The summed E-state index contributed by atoms with van der Waals surface area (Å²) in [7, 11) is 0. The molecule has 0 aliphatic heterocycles. The molecule has 1 N–H and O–H groups in total. The van der Waals surface area contributed by atoms with E-state index in [2.05, 4.69) is 0 Å². The first-order valence-electron chi connectivity index (χ1n) is 5.84. The van der Waals surface area contributed by atoms with Crippen molar-refractivity contribution in [1.29, 1.82) is 0 Å². The molecule has 0 radical (unpaired) electrons. The Morgan fingerprint density at radius 2 is 2.11 bits per heavy atom. The molecule has 0 spiro atoms. The quantitative estimate of drug-likeness (QED) is 0.851. The van der Waals surface area contributed by atoms with Crippen LogP contribution in [0.15, 0.2) is 18.2 Å². The van der Waals surface area contributed by atoms with Crippen molar-refractivity contribution >= 4 is 35.6 Å². The predicted molar refractivity (Wildman–Crippen MR) is 72.4 cm³/mol. The third-order valence-corrected chi connectivity index (χ3v) is 4.00.